The number of benzene rings is 1. The molecule has 2 heterocycles. The standard InChI is InChI=1S/C26H33N3O2S/c1-2-24(30)10-5-3-4-9-23(29-26(31)15-20-12-13-32-19-20)18-27-16-21-14-22-8-6-7-11-25(22)28-17-21/h6-8,11-14,17,19,23,27H,2-5,9-10,15-16,18H2,1H3,(H,29,31). The summed E-state index contributed by atoms with van der Waals surface area (Å²) in [5.74, 6) is 0.389. The van der Waals surface area contributed by atoms with Gasteiger partial charge < -0.3 is 10.6 Å². The van der Waals surface area contributed by atoms with Gasteiger partial charge in [-0.15, -0.1) is 0 Å². The van der Waals surface area contributed by atoms with Crippen LogP contribution in [0.1, 0.15) is 56.6 Å². The Kier molecular flexibility index (Phi) is 9.85. The van der Waals surface area contributed by atoms with Gasteiger partial charge in [-0.2, -0.15) is 11.3 Å². The lowest BCUT2D eigenvalue weighted by Gasteiger charge is -2.20. The summed E-state index contributed by atoms with van der Waals surface area (Å²) in [4.78, 5) is 28.5. The summed E-state index contributed by atoms with van der Waals surface area (Å²) in [7, 11) is 0. The van der Waals surface area contributed by atoms with Crippen LogP contribution in [0.25, 0.3) is 10.9 Å². The van der Waals surface area contributed by atoms with Crippen molar-refractivity contribution in [1.82, 2.24) is 15.6 Å². The van der Waals surface area contributed by atoms with Crippen LogP contribution in [0.5, 0.6) is 0 Å². The largest absolute Gasteiger partial charge is 0.352 e. The highest BCUT2D eigenvalue weighted by Crippen LogP contribution is 2.13. The van der Waals surface area contributed by atoms with Crippen LogP contribution in [0.2, 0.25) is 0 Å². The number of unbranched alkanes of at least 4 members (excludes halogenated alkanes) is 2. The lowest BCUT2D eigenvalue weighted by Crippen LogP contribution is -2.42. The number of nitrogens with one attached hydrogen (secondary N) is 2. The van der Waals surface area contributed by atoms with E-state index in [0.717, 1.165) is 47.7 Å². The van der Waals surface area contributed by atoms with E-state index >= 15 is 0 Å². The highest BCUT2D eigenvalue weighted by molar-refractivity contribution is 7.08. The van der Waals surface area contributed by atoms with Crippen LogP contribution in [0.4, 0.5) is 0 Å². The minimum absolute atomic E-state index is 0.0590. The van der Waals surface area contributed by atoms with Crippen LogP contribution in [0, 0.1) is 0 Å². The predicted octanol–water partition coefficient (Wildman–Crippen LogP) is 5.04. The fourth-order valence-corrected chi connectivity index (χ4v) is 4.42. The number of para-hydroxylation sites is 1. The smallest absolute Gasteiger partial charge is 0.224 e. The van der Waals surface area contributed by atoms with Crippen LogP contribution in [-0.2, 0) is 22.6 Å². The molecule has 2 aromatic heterocycles. The summed E-state index contributed by atoms with van der Waals surface area (Å²) in [5.41, 5.74) is 3.18. The fraction of sp³-hybridized carbons (Fsp3) is 0.423. The molecule has 6 heteroatoms. The van der Waals surface area contributed by atoms with Crippen LogP contribution in [0.3, 0.4) is 0 Å². The number of nitrogens with zero attached hydrogens (tertiary/aromatic N) is 1. The number of hydrogen-bond acceptors (Lipinski definition) is 5. The molecule has 0 saturated carbocycles. The van der Waals surface area contributed by atoms with Crippen molar-refractivity contribution in [2.75, 3.05) is 6.54 Å². The molecule has 0 spiro atoms. The number of Topliss-reactive ketones (excluding diaryl/α,β-unsaturated/α-hetero) is 1. The third kappa shape index (κ3) is 8.17. The molecular formula is C26H33N3O2S. The van der Waals surface area contributed by atoms with Crippen molar-refractivity contribution in [1.29, 1.82) is 0 Å². The Labute approximate surface area is 194 Å². The van der Waals surface area contributed by atoms with E-state index in [1.807, 2.05) is 48.1 Å². The Morgan fingerprint density at radius 3 is 2.78 bits per heavy atom. The maximum absolute atomic E-state index is 12.5. The maximum Gasteiger partial charge on any atom is 0.224 e. The second-order valence-electron chi connectivity index (χ2n) is 8.23. The molecule has 1 unspecified atom stereocenters. The Bertz CT molecular complexity index is 988. The van der Waals surface area contributed by atoms with Crippen molar-refractivity contribution in [3.8, 4) is 0 Å². The van der Waals surface area contributed by atoms with Crippen molar-refractivity contribution in [2.45, 2.75) is 64.5 Å². The van der Waals surface area contributed by atoms with E-state index in [1.54, 1.807) is 11.3 Å². The normalized spacial score (nSPS) is 12.0. The lowest BCUT2D eigenvalue weighted by atomic mass is 10.0. The molecule has 1 aromatic carbocycles. The van der Waals surface area contributed by atoms with Gasteiger partial charge in [0.2, 0.25) is 5.91 Å². The van der Waals surface area contributed by atoms with E-state index in [4.69, 9.17) is 0 Å². The molecule has 1 amide bonds. The molecule has 0 radical (unpaired) electrons. The summed E-state index contributed by atoms with van der Waals surface area (Å²) in [6.45, 7) is 3.33. The lowest BCUT2D eigenvalue weighted by molar-refractivity contribution is -0.121. The van der Waals surface area contributed by atoms with Gasteiger partial charge in [-0.05, 0) is 52.9 Å². The number of fused-ring (bicyclic) bond motifs is 1. The van der Waals surface area contributed by atoms with E-state index in [-0.39, 0.29) is 11.9 Å². The summed E-state index contributed by atoms with van der Waals surface area (Å²) in [6, 6.07) is 12.3. The van der Waals surface area contributed by atoms with E-state index in [0.29, 0.717) is 38.1 Å². The van der Waals surface area contributed by atoms with Crippen molar-refractivity contribution in [3.05, 3.63) is 64.5 Å². The highest BCUT2D eigenvalue weighted by Gasteiger charge is 2.13. The predicted molar refractivity (Wildman–Crippen MR) is 132 cm³/mol. The topological polar surface area (TPSA) is 71.1 Å². The van der Waals surface area contributed by atoms with E-state index in [1.165, 1.54) is 0 Å². The number of amides is 1. The molecule has 5 nitrogen and oxygen atoms in total. The third-order valence-electron chi connectivity index (χ3n) is 5.58. The molecule has 3 aromatic rings. The molecule has 3 rings (SSSR count). The molecule has 2 N–H and O–H groups in total. The maximum atomic E-state index is 12.5. The molecule has 0 aliphatic heterocycles. The molecule has 32 heavy (non-hydrogen) atoms. The number of carbonyl (C=O) groups excluding carboxylic acids is 2. The van der Waals surface area contributed by atoms with Gasteiger partial charge in [0.25, 0.3) is 0 Å². The second-order valence-corrected chi connectivity index (χ2v) is 9.01. The SMILES string of the molecule is CCC(=O)CCCCCC(CNCc1cnc2ccccc2c1)NC(=O)Cc1ccsc1. The molecule has 0 saturated heterocycles. The quantitative estimate of drug-likeness (QED) is 0.337. The van der Waals surface area contributed by atoms with Crippen LogP contribution in [-0.4, -0.2) is 29.3 Å². The van der Waals surface area contributed by atoms with E-state index in [2.05, 4.69) is 27.8 Å². The summed E-state index contributed by atoms with van der Waals surface area (Å²) in [5, 5.41) is 11.8. The summed E-state index contributed by atoms with van der Waals surface area (Å²) < 4.78 is 0. The molecule has 1 atom stereocenters. The number of carbonyl (C=O) groups is 2. The monoisotopic (exact) mass is 451 g/mol. The Hall–Kier alpha value is -2.57. The van der Waals surface area contributed by atoms with Gasteiger partial charge in [-0.1, -0.05) is 38.0 Å². The van der Waals surface area contributed by atoms with Crippen molar-refractivity contribution < 1.29 is 9.59 Å². The molecule has 0 bridgehead atoms. The number of pyridine rings is 1. The Morgan fingerprint density at radius 1 is 1.09 bits per heavy atom. The van der Waals surface area contributed by atoms with Crippen LogP contribution in [0.15, 0.2) is 53.4 Å². The first-order valence-electron chi connectivity index (χ1n) is 11.5. The van der Waals surface area contributed by atoms with Gasteiger partial charge in [-0.25, -0.2) is 0 Å². The number of aromatic nitrogens is 1. The first-order valence-corrected chi connectivity index (χ1v) is 12.4. The summed E-state index contributed by atoms with van der Waals surface area (Å²) >= 11 is 1.61. The Balaban J connectivity index is 1.49. The van der Waals surface area contributed by atoms with Crippen molar-refractivity contribution >= 4 is 33.9 Å². The van der Waals surface area contributed by atoms with Crippen LogP contribution < -0.4 is 10.6 Å². The van der Waals surface area contributed by atoms with Gasteiger partial charge in [-0.3, -0.25) is 14.6 Å². The van der Waals surface area contributed by atoms with Gasteiger partial charge in [0, 0.05) is 43.6 Å². The zero-order chi connectivity index (χ0) is 22.6. The van der Waals surface area contributed by atoms with Crippen LogP contribution >= 0.6 is 11.3 Å². The second kappa shape index (κ2) is 13.1. The number of ketones is 1. The molecule has 170 valence electrons. The van der Waals surface area contributed by atoms with Crippen molar-refractivity contribution in [2.24, 2.45) is 0 Å². The van der Waals surface area contributed by atoms with Gasteiger partial charge in [0.1, 0.15) is 5.78 Å². The summed E-state index contributed by atoms with van der Waals surface area (Å²) in [6.07, 6.45) is 7.45. The number of hydrogen-bond donors (Lipinski definition) is 2. The number of rotatable bonds is 14. The van der Waals surface area contributed by atoms with E-state index < -0.39 is 0 Å². The van der Waals surface area contributed by atoms with Gasteiger partial charge in [0.05, 0.1) is 11.9 Å². The van der Waals surface area contributed by atoms with E-state index in [9.17, 15) is 9.59 Å². The first kappa shape index (κ1) is 24.1. The molecular weight excluding hydrogens is 418 g/mol. The zero-order valence-electron chi connectivity index (χ0n) is 18.8. The van der Waals surface area contributed by atoms with Gasteiger partial charge in [0.15, 0.2) is 0 Å². The average Bonchev–Trinajstić information content (AvgIpc) is 3.31. The molecule has 0 fully saturated rings. The van der Waals surface area contributed by atoms with Gasteiger partial charge >= 0.3 is 0 Å². The fourth-order valence-electron chi connectivity index (χ4n) is 3.75. The minimum atomic E-state index is 0.0590. The zero-order valence-corrected chi connectivity index (χ0v) is 19.6. The first-order chi connectivity index (χ1) is 15.6. The molecule has 0 aliphatic carbocycles. The number of thiophene rings is 1. The third-order valence-corrected chi connectivity index (χ3v) is 6.31. The Morgan fingerprint density at radius 2 is 1.97 bits per heavy atom. The highest BCUT2D eigenvalue weighted by atomic mass is 32.1. The minimum Gasteiger partial charge on any atom is -0.352 e. The average molecular weight is 452 g/mol. The van der Waals surface area contributed by atoms with Crippen molar-refractivity contribution in [3.63, 3.8) is 0 Å². The molecule has 0 aliphatic rings.